The van der Waals surface area contributed by atoms with E-state index in [9.17, 15) is 19.5 Å². The maximum atomic E-state index is 12.6. The van der Waals surface area contributed by atoms with Gasteiger partial charge in [-0.15, -0.1) is 0 Å². The SMILES string of the molecule is CCCN(C(=O)C#CCNC(=O)OCC1c2ccccc2-c2ccccc21)C1COCC1C(=O)O. The van der Waals surface area contributed by atoms with Crippen molar-refractivity contribution in [1.82, 2.24) is 10.2 Å². The van der Waals surface area contributed by atoms with Crippen LogP contribution in [0.15, 0.2) is 48.5 Å². The molecule has 1 aliphatic heterocycles. The van der Waals surface area contributed by atoms with E-state index in [0.29, 0.717) is 13.0 Å². The van der Waals surface area contributed by atoms with Crippen molar-refractivity contribution in [2.24, 2.45) is 5.92 Å². The first-order valence-electron chi connectivity index (χ1n) is 11.7. The number of amides is 2. The molecule has 182 valence electrons. The molecule has 2 unspecified atom stereocenters. The Balaban J connectivity index is 1.30. The van der Waals surface area contributed by atoms with Crippen LogP contribution >= 0.6 is 0 Å². The normalized spacial score (nSPS) is 18.1. The van der Waals surface area contributed by atoms with Gasteiger partial charge in [0.25, 0.3) is 5.91 Å². The zero-order valence-corrected chi connectivity index (χ0v) is 19.5. The topological polar surface area (TPSA) is 105 Å². The number of aliphatic carboxylic acids is 1. The quantitative estimate of drug-likeness (QED) is 0.596. The van der Waals surface area contributed by atoms with Crippen LogP contribution in [-0.4, -0.2) is 66.9 Å². The van der Waals surface area contributed by atoms with Crippen molar-refractivity contribution < 1.29 is 29.0 Å². The fraction of sp³-hybridized carbons (Fsp3) is 0.370. The van der Waals surface area contributed by atoms with Gasteiger partial charge in [-0.25, -0.2) is 4.79 Å². The van der Waals surface area contributed by atoms with Crippen LogP contribution < -0.4 is 5.32 Å². The van der Waals surface area contributed by atoms with E-state index >= 15 is 0 Å². The van der Waals surface area contributed by atoms with E-state index in [1.165, 1.54) is 4.90 Å². The van der Waals surface area contributed by atoms with Crippen molar-refractivity contribution in [1.29, 1.82) is 0 Å². The average Bonchev–Trinajstić information content (AvgIpc) is 3.47. The highest BCUT2D eigenvalue weighted by Gasteiger charge is 2.39. The van der Waals surface area contributed by atoms with Crippen molar-refractivity contribution in [3.8, 4) is 23.0 Å². The van der Waals surface area contributed by atoms with Gasteiger partial charge >= 0.3 is 12.1 Å². The lowest BCUT2D eigenvalue weighted by atomic mass is 9.98. The summed E-state index contributed by atoms with van der Waals surface area (Å²) in [6.07, 6.45) is 0.0445. The lowest BCUT2D eigenvalue weighted by Gasteiger charge is -2.28. The molecule has 4 rings (SSSR count). The van der Waals surface area contributed by atoms with E-state index in [1.807, 2.05) is 43.3 Å². The number of carboxylic acid groups (broad SMARTS) is 1. The van der Waals surface area contributed by atoms with Crippen LogP contribution in [0.5, 0.6) is 0 Å². The Hall–Kier alpha value is -3.83. The largest absolute Gasteiger partial charge is 0.481 e. The van der Waals surface area contributed by atoms with Gasteiger partial charge < -0.3 is 24.8 Å². The number of hydrogen-bond donors (Lipinski definition) is 2. The van der Waals surface area contributed by atoms with Gasteiger partial charge in [-0.1, -0.05) is 61.4 Å². The first-order chi connectivity index (χ1) is 17.0. The second-order valence-electron chi connectivity index (χ2n) is 8.53. The maximum absolute atomic E-state index is 12.6. The third-order valence-corrected chi connectivity index (χ3v) is 6.35. The summed E-state index contributed by atoms with van der Waals surface area (Å²) >= 11 is 0. The zero-order chi connectivity index (χ0) is 24.8. The summed E-state index contributed by atoms with van der Waals surface area (Å²) in [4.78, 5) is 37.8. The third kappa shape index (κ3) is 5.31. The minimum atomic E-state index is -0.994. The van der Waals surface area contributed by atoms with Crippen LogP contribution in [0.1, 0.15) is 30.4 Å². The number of carbonyl (C=O) groups is 3. The van der Waals surface area contributed by atoms with Crippen LogP contribution in [-0.2, 0) is 19.1 Å². The third-order valence-electron chi connectivity index (χ3n) is 6.35. The maximum Gasteiger partial charge on any atom is 0.407 e. The molecule has 0 aromatic heterocycles. The second-order valence-corrected chi connectivity index (χ2v) is 8.53. The minimum Gasteiger partial charge on any atom is -0.481 e. The number of carbonyl (C=O) groups excluding carboxylic acids is 2. The van der Waals surface area contributed by atoms with Gasteiger partial charge in [0, 0.05) is 12.5 Å². The van der Waals surface area contributed by atoms with Crippen molar-refractivity contribution in [2.45, 2.75) is 25.3 Å². The Bertz CT molecular complexity index is 1120. The Morgan fingerprint density at radius 3 is 2.37 bits per heavy atom. The van der Waals surface area contributed by atoms with Gasteiger partial charge in [-0.3, -0.25) is 9.59 Å². The summed E-state index contributed by atoms with van der Waals surface area (Å²) in [6.45, 7) is 2.65. The van der Waals surface area contributed by atoms with Crippen molar-refractivity contribution in [3.63, 3.8) is 0 Å². The average molecular weight is 477 g/mol. The molecule has 0 spiro atoms. The van der Waals surface area contributed by atoms with Crippen LogP contribution in [0.25, 0.3) is 11.1 Å². The number of hydrogen-bond acceptors (Lipinski definition) is 5. The molecule has 8 heteroatoms. The number of nitrogens with one attached hydrogen (secondary N) is 1. The number of nitrogens with zero attached hydrogens (tertiary/aromatic N) is 1. The van der Waals surface area contributed by atoms with Crippen LogP contribution in [0.3, 0.4) is 0 Å². The summed E-state index contributed by atoms with van der Waals surface area (Å²) in [6, 6.07) is 15.6. The molecule has 0 radical (unpaired) electrons. The number of carboxylic acids is 1. The van der Waals surface area contributed by atoms with Crippen molar-refractivity contribution in [2.75, 3.05) is 32.9 Å². The minimum absolute atomic E-state index is 0.0424. The molecule has 2 amide bonds. The lowest BCUT2D eigenvalue weighted by Crippen LogP contribution is -2.46. The Labute approximate surface area is 204 Å². The molecule has 2 aromatic rings. The second kappa shape index (κ2) is 11.1. The van der Waals surface area contributed by atoms with Gasteiger partial charge in [0.15, 0.2) is 0 Å². The molecule has 1 saturated heterocycles. The van der Waals surface area contributed by atoms with Crippen molar-refractivity contribution in [3.05, 3.63) is 59.7 Å². The van der Waals surface area contributed by atoms with Gasteiger partial charge in [-0.05, 0) is 34.6 Å². The fourth-order valence-corrected chi connectivity index (χ4v) is 4.70. The highest BCUT2D eigenvalue weighted by molar-refractivity contribution is 5.94. The van der Waals surface area contributed by atoms with Gasteiger partial charge in [0.05, 0.1) is 25.8 Å². The monoisotopic (exact) mass is 476 g/mol. The molecule has 1 heterocycles. The van der Waals surface area contributed by atoms with E-state index in [2.05, 4.69) is 29.3 Å². The highest BCUT2D eigenvalue weighted by Crippen LogP contribution is 2.44. The molecule has 1 aliphatic carbocycles. The molecular weight excluding hydrogens is 448 g/mol. The Morgan fingerprint density at radius 1 is 1.09 bits per heavy atom. The summed E-state index contributed by atoms with van der Waals surface area (Å²) in [5.41, 5.74) is 4.55. The van der Waals surface area contributed by atoms with Gasteiger partial charge in [0.2, 0.25) is 0 Å². The Kier molecular flexibility index (Phi) is 7.68. The zero-order valence-electron chi connectivity index (χ0n) is 19.5. The molecule has 2 aromatic carbocycles. The summed E-state index contributed by atoms with van der Waals surface area (Å²) in [5, 5.41) is 11.9. The van der Waals surface area contributed by atoms with Crippen molar-refractivity contribution >= 4 is 18.0 Å². The van der Waals surface area contributed by atoms with Crippen LogP contribution in [0.4, 0.5) is 4.79 Å². The molecule has 2 aliphatic rings. The molecule has 1 fully saturated rings. The summed E-state index contributed by atoms with van der Waals surface area (Å²) < 4.78 is 10.7. The molecule has 35 heavy (non-hydrogen) atoms. The van der Waals surface area contributed by atoms with E-state index in [1.54, 1.807) is 0 Å². The van der Waals surface area contributed by atoms with E-state index in [-0.39, 0.29) is 32.3 Å². The van der Waals surface area contributed by atoms with Gasteiger partial charge in [0.1, 0.15) is 12.5 Å². The number of alkyl carbamates (subject to hydrolysis) is 1. The molecule has 2 atom stereocenters. The molecule has 0 bridgehead atoms. The Morgan fingerprint density at radius 2 is 1.74 bits per heavy atom. The first-order valence-corrected chi connectivity index (χ1v) is 11.7. The van der Waals surface area contributed by atoms with E-state index in [0.717, 1.165) is 22.3 Å². The molecule has 2 N–H and O–H groups in total. The number of fused-ring (bicyclic) bond motifs is 3. The fourth-order valence-electron chi connectivity index (χ4n) is 4.70. The summed E-state index contributed by atoms with van der Waals surface area (Å²) in [7, 11) is 0. The highest BCUT2D eigenvalue weighted by atomic mass is 16.5. The predicted octanol–water partition coefficient (Wildman–Crippen LogP) is 2.87. The first kappa shape index (κ1) is 24.3. The van der Waals surface area contributed by atoms with Gasteiger partial charge in [-0.2, -0.15) is 0 Å². The molecule has 8 nitrogen and oxygen atoms in total. The van der Waals surface area contributed by atoms with E-state index in [4.69, 9.17) is 9.47 Å². The number of rotatable bonds is 7. The number of ether oxygens (including phenoxy) is 2. The smallest absolute Gasteiger partial charge is 0.407 e. The van der Waals surface area contributed by atoms with Crippen LogP contribution in [0.2, 0.25) is 0 Å². The standard InChI is InChI=1S/C27H28N2O6/c1-2-14-29(24-17-34-15-23(24)26(31)32)25(30)12-7-13-28-27(33)35-16-22-20-10-5-3-8-18(20)19-9-4-6-11-21(19)22/h3-6,8-11,22-24H,2,13-17H2,1H3,(H,28,33)(H,31,32). The lowest BCUT2D eigenvalue weighted by molar-refractivity contribution is -0.144. The van der Waals surface area contributed by atoms with E-state index < -0.39 is 29.9 Å². The predicted molar refractivity (Wildman–Crippen MR) is 129 cm³/mol. The molecule has 0 saturated carbocycles. The van der Waals surface area contributed by atoms with Crippen LogP contribution in [0, 0.1) is 17.8 Å². The summed E-state index contributed by atoms with van der Waals surface area (Å²) in [5.74, 6) is 2.85. The number of benzene rings is 2. The molecular formula is C27H28N2O6.